The molecule has 38 heavy (non-hydrogen) atoms. The minimum Gasteiger partial charge on any atom is -0.480 e. The average Bonchev–Trinajstić information content (AvgIpc) is 3.12. The topological polar surface area (TPSA) is 56.1 Å². The summed E-state index contributed by atoms with van der Waals surface area (Å²) in [5, 5.41) is 2.80. The Morgan fingerprint density at radius 2 is 1.76 bits per heavy atom. The molecular weight excluding hydrogens is 511 g/mol. The zero-order chi connectivity index (χ0) is 28.1. The average molecular weight is 544 g/mol. The van der Waals surface area contributed by atoms with Crippen LogP contribution in [0.15, 0.2) is 71.8 Å². The number of amides is 1. The third kappa shape index (κ3) is 7.54. The predicted molar refractivity (Wildman–Crippen MR) is 146 cm³/mol. The van der Waals surface area contributed by atoms with Crippen LogP contribution >= 0.6 is 11.8 Å². The van der Waals surface area contributed by atoms with Crippen molar-refractivity contribution in [3.63, 3.8) is 0 Å². The summed E-state index contributed by atoms with van der Waals surface area (Å²) < 4.78 is 46.5. The summed E-state index contributed by atoms with van der Waals surface area (Å²) in [4.78, 5) is 18.3. The van der Waals surface area contributed by atoms with Crippen LogP contribution < -0.4 is 10.1 Å². The molecule has 0 aliphatic rings. The largest absolute Gasteiger partial charge is 0.480 e. The van der Waals surface area contributed by atoms with Crippen LogP contribution in [0.5, 0.6) is 5.75 Å². The number of hydrogen-bond acceptors (Lipinski definition) is 4. The third-order valence-corrected chi connectivity index (χ3v) is 6.65. The molecule has 2 aromatic carbocycles. The van der Waals surface area contributed by atoms with Crippen LogP contribution in [0.3, 0.4) is 0 Å². The number of halogens is 3. The van der Waals surface area contributed by atoms with Gasteiger partial charge in [-0.3, -0.25) is 4.79 Å². The molecule has 9 heteroatoms. The zero-order valence-electron chi connectivity index (χ0n) is 22.1. The number of aryl methyl sites for hydroxylation is 1. The monoisotopic (exact) mass is 543 g/mol. The van der Waals surface area contributed by atoms with Crippen molar-refractivity contribution in [1.82, 2.24) is 14.9 Å². The van der Waals surface area contributed by atoms with Gasteiger partial charge < -0.3 is 14.6 Å². The van der Waals surface area contributed by atoms with Crippen molar-refractivity contribution in [1.29, 1.82) is 0 Å². The van der Waals surface area contributed by atoms with Gasteiger partial charge in [-0.05, 0) is 80.6 Å². The Kier molecular flexibility index (Phi) is 9.14. The maximum absolute atomic E-state index is 12.9. The number of carbonyl (C=O) groups is 1. The molecule has 0 bridgehead atoms. The smallest absolute Gasteiger partial charge is 0.416 e. The van der Waals surface area contributed by atoms with Crippen LogP contribution in [-0.4, -0.2) is 21.2 Å². The normalized spacial score (nSPS) is 12.1. The number of benzene rings is 2. The van der Waals surface area contributed by atoms with Gasteiger partial charge in [-0.25, -0.2) is 4.98 Å². The van der Waals surface area contributed by atoms with E-state index in [2.05, 4.69) is 23.8 Å². The molecule has 5 nitrogen and oxygen atoms in total. The van der Waals surface area contributed by atoms with Gasteiger partial charge in [-0.15, -0.1) is 11.8 Å². The number of nitrogens with one attached hydrogen (secondary N) is 1. The summed E-state index contributed by atoms with van der Waals surface area (Å²) in [6.07, 6.45) is -0.654. The first-order chi connectivity index (χ1) is 17.8. The summed E-state index contributed by atoms with van der Waals surface area (Å²) >= 11 is 1.75. The molecule has 0 aliphatic heterocycles. The Morgan fingerprint density at radius 1 is 1.13 bits per heavy atom. The van der Waals surface area contributed by atoms with E-state index in [-0.39, 0.29) is 12.3 Å². The fourth-order valence-electron chi connectivity index (χ4n) is 3.97. The van der Waals surface area contributed by atoms with E-state index in [0.717, 1.165) is 34.8 Å². The van der Waals surface area contributed by atoms with Gasteiger partial charge in [-0.1, -0.05) is 25.6 Å². The lowest BCUT2D eigenvalue weighted by atomic mass is 10.1. The van der Waals surface area contributed by atoms with Crippen LogP contribution in [0.1, 0.15) is 49.1 Å². The van der Waals surface area contributed by atoms with Crippen molar-refractivity contribution in [3.8, 4) is 5.75 Å². The van der Waals surface area contributed by atoms with E-state index < -0.39 is 17.3 Å². The Labute approximate surface area is 225 Å². The third-order valence-electron chi connectivity index (χ3n) is 5.76. The van der Waals surface area contributed by atoms with Gasteiger partial charge in [0.2, 0.25) is 5.91 Å². The second-order valence-electron chi connectivity index (χ2n) is 9.26. The fourth-order valence-corrected chi connectivity index (χ4v) is 4.63. The van der Waals surface area contributed by atoms with Crippen molar-refractivity contribution >= 4 is 23.7 Å². The molecule has 0 unspecified atom stereocenters. The van der Waals surface area contributed by atoms with Gasteiger partial charge in [0.1, 0.15) is 5.75 Å². The van der Waals surface area contributed by atoms with Crippen LogP contribution in [0.2, 0.25) is 0 Å². The summed E-state index contributed by atoms with van der Waals surface area (Å²) in [7, 11) is 1.83. The molecule has 1 N–H and O–H groups in total. The number of thioether (sulfide) groups is 1. The number of rotatable bonds is 10. The first-order valence-electron chi connectivity index (χ1n) is 12.1. The molecule has 1 amide bonds. The predicted octanol–water partition coefficient (Wildman–Crippen LogP) is 7.06. The highest BCUT2D eigenvalue weighted by Crippen LogP contribution is 2.33. The summed E-state index contributed by atoms with van der Waals surface area (Å²) in [6, 6.07) is 12.5. The number of imidazole rings is 1. The quantitative estimate of drug-likeness (QED) is 0.220. The van der Waals surface area contributed by atoms with E-state index in [9.17, 15) is 18.0 Å². The van der Waals surface area contributed by atoms with Gasteiger partial charge in [-0.2, -0.15) is 13.2 Å². The highest BCUT2D eigenvalue weighted by Gasteiger charge is 2.32. The van der Waals surface area contributed by atoms with Gasteiger partial charge in [0.15, 0.2) is 11.4 Å². The molecule has 0 spiro atoms. The van der Waals surface area contributed by atoms with E-state index in [1.54, 1.807) is 37.8 Å². The molecule has 1 aromatic heterocycles. The van der Waals surface area contributed by atoms with E-state index >= 15 is 0 Å². The summed E-state index contributed by atoms with van der Waals surface area (Å²) in [5.41, 5.74) is 1.20. The molecule has 0 aliphatic carbocycles. The number of aromatic nitrogens is 2. The highest BCUT2D eigenvalue weighted by molar-refractivity contribution is 7.99. The number of carbonyl (C=O) groups excluding carboxylic acids is 1. The van der Waals surface area contributed by atoms with Crippen LogP contribution in [-0.2, 0) is 30.0 Å². The van der Waals surface area contributed by atoms with Crippen molar-refractivity contribution in [2.45, 2.75) is 50.8 Å². The fraction of sp³-hybridized carbons (Fsp3) is 0.310. The standard InChI is InChI=1S/C29H32F3N3O2S/c1-7-38-24-15-9-21(10-16-24)18-26(36)33-19(2)8-17-25-20(3)34-27(35(25)6)28(4,5)37-23-13-11-22(12-14-23)29(30,31)32/h8-17H,2,7,18H2,1,3-6H3,(H,33,36)/b17-8-. The molecule has 0 saturated heterocycles. The molecule has 1 heterocycles. The number of nitrogens with zero attached hydrogens (tertiary/aromatic N) is 2. The Bertz CT molecular complexity index is 1310. The van der Waals surface area contributed by atoms with Crippen molar-refractivity contribution in [2.75, 3.05) is 5.75 Å². The van der Waals surface area contributed by atoms with Gasteiger partial charge in [0.05, 0.1) is 23.4 Å². The molecule has 0 saturated carbocycles. The Balaban J connectivity index is 1.65. The lowest BCUT2D eigenvalue weighted by Crippen LogP contribution is -2.29. The van der Waals surface area contributed by atoms with Crippen molar-refractivity contribution < 1.29 is 22.7 Å². The first kappa shape index (κ1) is 29.1. The van der Waals surface area contributed by atoms with E-state index in [1.807, 2.05) is 42.8 Å². The molecular formula is C29H32F3N3O2S. The first-order valence-corrected chi connectivity index (χ1v) is 13.1. The second kappa shape index (κ2) is 11.9. The van der Waals surface area contributed by atoms with Crippen LogP contribution in [0.25, 0.3) is 6.08 Å². The number of allylic oxidation sites excluding steroid dienone is 1. The molecule has 0 atom stereocenters. The molecule has 0 fully saturated rings. The summed E-state index contributed by atoms with van der Waals surface area (Å²) in [5.74, 6) is 1.72. The maximum atomic E-state index is 12.9. The lowest BCUT2D eigenvalue weighted by Gasteiger charge is -2.26. The lowest BCUT2D eigenvalue weighted by molar-refractivity contribution is -0.137. The highest BCUT2D eigenvalue weighted by atomic mass is 32.2. The Morgan fingerprint density at radius 3 is 2.34 bits per heavy atom. The van der Waals surface area contributed by atoms with E-state index in [0.29, 0.717) is 17.3 Å². The van der Waals surface area contributed by atoms with Gasteiger partial charge in [0.25, 0.3) is 0 Å². The van der Waals surface area contributed by atoms with Crippen molar-refractivity contribution in [3.05, 3.63) is 95.2 Å². The molecule has 202 valence electrons. The molecule has 3 rings (SSSR count). The Hall–Kier alpha value is -3.46. The van der Waals surface area contributed by atoms with E-state index in [4.69, 9.17) is 4.74 Å². The minimum absolute atomic E-state index is 0.163. The molecule has 3 aromatic rings. The second-order valence-corrected chi connectivity index (χ2v) is 10.6. The van der Waals surface area contributed by atoms with Crippen LogP contribution in [0.4, 0.5) is 13.2 Å². The SMILES string of the molecule is C=C(/C=C\c1c(C)nc(C(C)(C)Oc2ccc(C(F)(F)F)cc2)n1C)NC(=O)Cc1ccc(SCC)cc1. The van der Waals surface area contributed by atoms with Gasteiger partial charge in [0, 0.05) is 17.6 Å². The number of hydrogen-bond donors (Lipinski definition) is 1. The van der Waals surface area contributed by atoms with Gasteiger partial charge >= 0.3 is 6.18 Å². The van der Waals surface area contributed by atoms with Crippen molar-refractivity contribution in [2.24, 2.45) is 7.05 Å². The number of ether oxygens (including phenoxy) is 1. The zero-order valence-corrected chi connectivity index (χ0v) is 23.0. The number of alkyl halides is 3. The maximum Gasteiger partial charge on any atom is 0.416 e. The minimum atomic E-state index is -4.41. The van der Waals surface area contributed by atoms with Crippen LogP contribution in [0, 0.1) is 6.92 Å². The molecule has 0 radical (unpaired) electrons. The van der Waals surface area contributed by atoms with E-state index in [1.165, 1.54) is 17.0 Å². The summed E-state index contributed by atoms with van der Waals surface area (Å²) in [6.45, 7) is 11.5.